The monoisotopic (exact) mass is 225 g/mol. The number of nitrogens with two attached hydrogens (primary N) is 1. The molecule has 5 nitrogen and oxygen atoms in total. The van der Waals surface area contributed by atoms with Crippen molar-refractivity contribution in [2.45, 2.75) is 38.3 Å². The lowest BCUT2D eigenvalue weighted by Crippen LogP contribution is -2.43. The molecule has 1 aliphatic heterocycles. The molecular formula is C11H19N3O2. The fraction of sp³-hybridized carbons (Fsp3) is 0.818. The Labute approximate surface area is 95.3 Å². The summed E-state index contributed by atoms with van der Waals surface area (Å²) in [7, 11) is 0. The van der Waals surface area contributed by atoms with E-state index in [4.69, 9.17) is 5.73 Å². The number of carbonyl (C=O) groups is 2. The highest BCUT2D eigenvalue weighted by molar-refractivity contribution is 5.82. The Morgan fingerprint density at radius 2 is 2.38 bits per heavy atom. The van der Waals surface area contributed by atoms with Crippen molar-refractivity contribution in [1.29, 1.82) is 0 Å². The van der Waals surface area contributed by atoms with Crippen LogP contribution in [0.1, 0.15) is 26.2 Å². The van der Waals surface area contributed by atoms with Crippen molar-refractivity contribution in [2.75, 3.05) is 13.1 Å². The summed E-state index contributed by atoms with van der Waals surface area (Å²) in [5.41, 5.74) is 5.60. The summed E-state index contributed by atoms with van der Waals surface area (Å²) >= 11 is 0. The lowest BCUT2D eigenvalue weighted by atomic mass is 10.2. The number of hydrogen-bond acceptors (Lipinski definition) is 3. The summed E-state index contributed by atoms with van der Waals surface area (Å²) in [4.78, 5) is 24.8. The van der Waals surface area contributed by atoms with Gasteiger partial charge in [0.1, 0.15) is 0 Å². The Balaban J connectivity index is 1.73. The van der Waals surface area contributed by atoms with Crippen LogP contribution in [0.3, 0.4) is 0 Å². The van der Waals surface area contributed by atoms with Gasteiger partial charge in [-0.3, -0.25) is 9.59 Å². The van der Waals surface area contributed by atoms with Crippen LogP contribution in [0.2, 0.25) is 0 Å². The van der Waals surface area contributed by atoms with Gasteiger partial charge in [0, 0.05) is 31.6 Å². The average molecular weight is 225 g/mol. The summed E-state index contributed by atoms with van der Waals surface area (Å²) in [6.07, 6.45) is 2.38. The predicted octanol–water partition coefficient (Wildman–Crippen LogP) is -0.539. The first-order valence-corrected chi connectivity index (χ1v) is 5.91. The molecule has 3 atom stereocenters. The minimum absolute atomic E-state index is 0.00303. The Morgan fingerprint density at radius 3 is 2.88 bits per heavy atom. The number of nitrogens with zero attached hydrogens (tertiary/aromatic N) is 1. The summed E-state index contributed by atoms with van der Waals surface area (Å²) in [5.74, 6) is 0.229. The quantitative estimate of drug-likeness (QED) is 0.674. The van der Waals surface area contributed by atoms with Gasteiger partial charge in [0.15, 0.2) is 0 Å². The highest BCUT2D eigenvalue weighted by Gasteiger charge is 2.40. The molecule has 0 bridgehead atoms. The van der Waals surface area contributed by atoms with Gasteiger partial charge in [0.2, 0.25) is 11.8 Å². The van der Waals surface area contributed by atoms with E-state index in [-0.39, 0.29) is 29.8 Å². The molecule has 3 unspecified atom stereocenters. The SMILES string of the molecule is CC(CN1CCCC1=O)NC(=O)C1CC1N. The van der Waals surface area contributed by atoms with Crippen molar-refractivity contribution in [1.82, 2.24) is 10.2 Å². The van der Waals surface area contributed by atoms with Crippen LogP contribution in [0.25, 0.3) is 0 Å². The highest BCUT2D eigenvalue weighted by Crippen LogP contribution is 2.27. The zero-order valence-electron chi connectivity index (χ0n) is 9.61. The lowest BCUT2D eigenvalue weighted by molar-refractivity contribution is -0.129. The van der Waals surface area contributed by atoms with Crippen molar-refractivity contribution >= 4 is 11.8 Å². The molecule has 2 rings (SSSR count). The molecule has 16 heavy (non-hydrogen) atoms. The van der Waals surface area contributed by atoms with E-state index in [1.165, 1.54) is 0 Å². The normalized spacial score (nSPS) is 30.4. The van der Waals surface area contributed by atoms with Gasteiger partial charge in [-0.15, -0.1) is 0 Å². The van der Waals surface area contributed by atoms with E-state index in [2.05, 4.69) is 5.32 Å². The maximum Gasteiger partial charge on any atom is 0.225 e. The summed E-state index contributed by atoms with van der Waals surface area (Å²) in [6, 6.07) is 0.0583. The zero-order valence-corrected chi connectivity index (χ0v) is 9.61. The van der Waals surface area contributed by atoms with E-state index in [0.717, 1.165) is 19.4 Å². The van der Waals surface area contributed by atoms with E-state index in [9.17, 15) is 9.59 Å². The van der Waals surface area contributed by atoms with Crippen molar-refractivity contribution in [2.24, 2.45) is 11.7 Å². The van der Waals surface area contributed by atoms with Crippen molar-refractivity contribution in [3.05, 3.63) is 0 Å². The third-order valence-electron chi connectivity index (χ3n) is 3.23. The lowest BCUT2D eigenvalue weighted by Gasteiger charge is -2.21. The Kier molecular flexibility index (Phi) is 3.14. The molecule has 2 amide bonds. The van der Waals surface area contributed by atoms with Crippen LogP contribution in [0.4, 0.5) is 0 Å². The first-order chi connectivity index (χ1) is 7.58. The van der Waals surface area contributed by atoms with E-state index in [1.807, 2.05) is 11.8 Å². The van der Waals surface area contributed by atoms with E-state index in [0.29, 0.717) is 13.0 Å². The molecule has 2 fully saturated rings. The van der Waals surface area contributed by atoms with Crippen LogP contribution in [0, 0.1) is 5.92 Å². The number of likely N-dealkylation sites (tertiary alicyclic amines) is 1. The van der Waals surface area contributed by atoms with Gasteiger partial charge in [-0.2, -0.15) is 0 Å². The predicted molar refractivity (Wildman–Crippen MR) is 59.5 cm³/mol. The second-order valence-corrected chi connectivity index (χ2v) is 4.86. The molecule has 90 valence electrons. The summed E-state index contributed by atoms with van der Waals surface area (Å²) in [6.45, 7) is 3.37. The molecule has 2 aliphatic rings. The first-order valence-electron chi connectivity index (χ1n) is 5.91. The van der Waals surface area contributed by atoms with Crippen molar-refractivity contribution < 1.29 is 9.59 Å². The molecule has 5 heteroatoms. The maximum absolute atomic E-state index is 11.6. The minimum atomic E-state index is -0.00303. The summed E-state index contributed by atoms with van der Waals surface area (Å²) in [5, 5.41) is 2.91. The number of rotatable bonds is 4. The number of nitrogens with one attached hydrogen (secondary N) is 1. The molecule has 1 saturated heterocycles. The molecule has 1 saturated carbocycles. The summed E-state index contributed by atoms with van der Waals surface area (Å²) < 4.78 is 0. The molecule has 0 radical (unpaired) electrons. The van der Waals surface area contributed by atoms with Gasteiger partial charge in [0.05, 0.1) is 5.92 Å². The molecule has 0 aromatic carbocycles. The van der Waals surface area contributed by atoms with Crippen molar-refractivity contribution in [3.8, 4) is 0 Å². The average Bonchev–Trinajstić information content (AvgIpc) is 2.81. The van der Waals surface area contributed by atoms with Crippen molar-refractivity contribution in [3.63, 3.8) is 0 Å². The second-order valence-electron chi connectivity index (χ2n) is 4.86. The van der Waals surface area contributed by atoms with Gasteiger partial charge in [0.25, 0.3) is 0 Å². The Hall–Kier alpha value is -1.10. The number of amides is 2. The van der Waals surface area contributed by atoms with Crippen LogP contribution in [-0.2, 0) is 9.59 Å². The van der Waals surface area contributed by atoms with Crippen LogP contribution < -0.4 is 11.1 Å². The van der Waals surface area contributed by atoms with E-state index < -0.39 is 0 Å². The van der Waals surface area contributed by atoms with Gasteiger partial charge >= 0.3 is 0 Å². The number of carbonyl (C=O) groups excluding carboxylic acids is 2. The van der Waals surface area contributed by atoms with Crippen LogP contribution >= 0.6 is 0 Å². The molecule has 3 N–H and O–H groups in total. The fourth-order valence-electron chi connectivity index (χ4n) is 2.14. The molecule has 1 aliphatic carbocycles. The van der Waals surface area contributed by atoms with Crippen LogP contribution in [0.5, 0.6) is 0 Å². The second kappa shape index (κ2) is 4.41. The molecule has 1 heterocycles. The molecule has 0 aromatic heterocycles. The van der Waals surface area contributed by atoms with Crippen LogP contribution in [-0.4, -0.2) is 41.9 Å². The minimum Gasteiger partial charge on any atom is -0.352 e. The Morgan fingerprint density at radius 1 is 1.69 bits per heavy atom. The topological polar surface area (TPSA) is 75.4 Å². The van der Waals surface area contributed by atoms with Gasteiger partial charge in [-0.25, -0.2) is 0 Å². The standard InChI is InChI=1S/C11H19N3O2/c1-7(6-14-4-2-3-10(14)15)13-11(16)8-5-9(8)12/h7-9H,2-6,12H2,1H3,(H,13,16). The fourth-order valence-corrected chi connectivity index (χ4v) is 2.14. The van der Waals surface area contributed by atoms with Crippen LogP contribution in [0.15, 0.2) is 0 Å². The molecule has 0 aromatic rings. The maximum atomic E-state index is 11.6. The number of hydrogen-bond donors (Lipinski definition) is 2. The first kappa shape index (κ1) is 11.4. The zero-order chi connectivity index (χ0) is 11.7. The smallest absolute Gasteiger partial charge is 0.225 e. The molecular weight excluding hydrogens is 206 g/mol. The Bertz CT molecular complexity index is 306. The van der Waals surface area contributed by atoms with Gasteiger partial charge in [-0.1, -0.05) is 0 Å². The third kappa shape index (κ3) is 2.52. The van der Waals surface area contributed by atoms with Gasteiger partial charge in [-0.05, 0) is 19.8 Å². The van der Waals surface area contributed by atoms with Gasteiger partial charge < -0.3 is 16.0 Å². The highest BCUT2D eigenvalue weighted by atomic mass is 16.2. The molecule has 0 spiro atoms. The van der Waals surface area contributed by atoms with E-state index >= 15 is 0 Å². The third-order valence-corrected chi connectivity index (χ3v) is 3.23. The van der Waals surface area contributed by atoms with E-state index in [1.54, 1.807) is 0 Å². The largest absolute Gasteiger partial charge is 0.352 e.